The molecular weight excluding hydrogens is 236 g/mol. The SMILES string of the molecule is CCCCCNc1cc(-c2ccnc(N)c2)ccn1. The predicted octanol–water partition coefficient (Wildman–Crippen LogP) is 3.33. The van der Waals surface area contributed by atoms with E-state index in [0.717, 1.165) is 23.5 Å². The molecule has 4 nitrogen and oxygen atoms in total. The molecule has 2 aromatic rings. The van der Waals surface area contributed by atoms with Crippen LogP contribution < -0.4 is 11.1 Å². The zero-order valence-electron chi connectivity index (χ0n) is 11.3. The Kier molecular flexibility index (Phi) is 4.72. The second-order valence-corrected chi connectivity index (χ2v) is 4.53. The number of nitrogens with two attached hydrogens (primary N) is 1. The Hall–Kier alpha value is -2.10. The smallest absolute Gasteiger partial charge is 0.126 e. The molecule has 0 saturated heterocycles. The molecule has 0 spiro atoms. The Bertz CT molecular complexity index is 525. The number of hydrogen-bond donors (Lipinski definition) is 2. The summed E-state index contributed by atoms with van der Waals surface area (Å²) >= 11 is 0. The lowest BCUT2D eigenvalue weighted by molar-refractivity contribution is 0.742. The summed E-state index contributed by atoms with van der Waals surface area (Å²) in [4.78, 5) is 8.33. The van der Waals surface area contributed by atoms with Crippen molar-refractivity contribution in [3.05, 3.63) is 36.7 Å². The number of hydrogen-bond acceptors (Lipinski definition) is 4. The molecule has 19 heavy (non-hydrogen) atoms. The summed E-state index contributed by atoms with van der Waals surface area (Å²) in [6.07, 6.45) is 7.18. The van der Waals surface area contributed by atoms with E-state index in [1.54, 1.807) is 6.20 Å². The molecule has 0 saturated carbocycles. The zero-order valence-corrected chi connectivity index (χ0v) is 11.3. The monoisotopic (exact) mass is 256 g/mol. The van der Waals surface area contributed by atoms with Crippen LogP contribution in [-0.2, 0) is 0 Å². The van der Waals surface area contributed by atoms with Gasteiger partial charge in [-0.25, -0.2) is 9.97 Å². The summed E-state index contributed by atoms with van der Waals surface area (Å²) in [7, 11) is 0. The van der Waals surface area contributed by atoms with Gasteiger partial charge in [0.1, 0.15) is 11.6 Å². The molecule has 4 heteroatoms. The summed E-state index contributed by atoms with van der Waals surface area (Å²) in [6, 6.07) is 7.84. The highest BCUT2D eigenvalue weighted by Crippen LogP contribution is 2.21. The van der Waals surface area contributed by atoms with Crippen molar-refractivity contribution >= 4 is 11.6 Å². The van der Waals surface area contributed by atoms with E-state index in [1.807, 2.05) is 30.5 Å². The number of aromatic nitrogens is 2. The van der Waals surface area contributed by atoms with E-state index in [2.05, 4.69) is 22.2 Å². The third-order valence-electron chi connectivity index (χ3n) is 2.96. The Morgan fingerprint density at radius 2 is 1.79 bits per heavy atom. The number of pyridine rings is 2. The molecule has 3 N–H and O–H groups in total. The van der Waals surface area contributed by atoms with Crippen LogP contribution in [0.3, 0.4) is 0 Å². The number of rotatable bonds is 6. The summed E-state index contributed by atoms with van der Waals surface area (Å²) in [6.45, 7) is 3.16. The average Bonchev–Trinajstić information content (AvgIpc) is 2.44. The summed E-state index contributed by atoms with van der Waals surface area (Å²) in [5.74, 6) is 1.44. The second-order valence-electron chi connectivity index (χ2n) is 4.53. The van der Waals surface area contributed by atoms with Crippen LogP contribution in [0.25, 0.3) is 11.1 Å². The molecule has 0 atom stereocenters. The highest BCUT2D eigenvalue weighted by atomic mass is 15.0. The van der Waals surface area contributed by atoms with Crippen LogP contribution in [0.15, 0.2) is 36.7 Å². The quantitative estimate of drug-likeness (QED) is 0.778. The van der Waals surface area contributed by atoms with Crippen LogP contribution in [0.4, 0.5) is 11.6 Å². The lowest BCUT2D eigenvalue weighted by Gasteiger charge is -2.07. The average molecular weight is 256 g/mol. The minimum Gasteiger partial charge on any atom is -0.384 e. The molecule has 0 unspecified atom stereocenters. The van der Waals surface area contributed by atoms with Crippen LogP contribution in [0.5, 0.6) is 0 Å². The van der Waals surface area contributed by atoms with E-state index in [9.17, 15) is 0 Å². The molecule has 2 heterocycles. The standard InChI is InChI=1S/C15H20N4/c1-2-3-4-7-18-15-11-13(6-9-19-15)12-5-8-17-14(16)10-12/h5-6,8-11H,2-4,7H2,1H3,(H2,16,17)(H,18,19). The Morgan fingerprint density at radius 3 is 2.53 bits per heavy atom. The van der Waals surface area contributed by atoms with Gasteiger partial charge in [-0.05, 0) is 41.8 Å². The van der Waals surface area contributed by atoms with E-state index in [1.165, 1.54) is 19.3 Å². The fourth-order valence-corrected chi connectivity index (χ4v) is 1.93. The molecule has 2 rings (SSSR count). The van der Waals surface area contributed by atoms with Crippen molar-refractivity contribution in [3.8, 4) is 11.1 Å². The van der Waals surface area contributed by atoms with Gasteiger partial charge in [0.2, 0.25) is 0 Å². The summed E-state index contributed by atoms with van der Waals surface area (Å²) in [5, 5.41) is 3.35. The molecule has 0 bridgehead atoms. The minimum absolute atomic E-state index is 0.534. The number of nitrogens with zero attached hydrogens (tertiary/aromatic N) is 2. The maximum absolute atomic E-state index is 5.71. The third-order valence-corrected chi connectivity index (χ3v) is 2.96. The molecule has 0 fully saturated rings. The van der Waals surface area contributed by atoms with Gasteiger partial charge in [-0.2, -0.15) is 0 Å². The maximum Gasteiger partial charge on any atom is 0.126 e. The van der Waals surface area contributed by atoms with E-state index in [-0.39, 0.29) is 0 Å². The first-order chi connectivity index (χ1) is 9.29. The highest BCUT2D eigenvalue weighted by molar-refractivity contribution is 5.68. The van der Waals surface area contributed by atoms with Gasteiger partial charge in [-0.15, -0.1) is 0 Å². The molecule has 0 amide bonds. The van der Waals surface area contributed by atoms with Crippen LogP contribution in [0.1, 0.15) is 26.2 Å². The molecule has 2 aromatic heterocycles. The van der Waals surface area contributed by atoms with E-state index < -0.39 is 0 Å². The van der Waals surface area contributed by atoms with Crippen molar-refractivity contribution in [3.63, 3.8) is 0 Å². The van der Waals surface area contributed by atoms with Gasteiger partial charge >= 0.3 is 0 Å². The Labute approximate surface area is 114 Å². The Balaban J connectivity index is 2.06. The van der Waals surface area contributed by atoms with Gasteiger partial charge in [0, 0.05) is 18.9 Å². The predicted molar refractivity (Wildman–Crippen MR) is 79.9 cm³/mol. The van der Waals surface area contributed by atoms with Crippen molar-refractivity contribution in [1.82, 2.24) is 9.97 Å². The maximum atomic E-state index is 5.71. The molecular formula is C15H20N4. The van der Waals surface area contributed by atoms with Gasteiger partial charge in [0.15, 0.2) is 0 Å². The number of unbranched alkanes of at least 4 members (excludes halogenated alkanes) is 2. The first kappa shape index (κ1) is 13.3. The van der Waals surface area contributed by atoms with Crippen LogP contribution >= 0.6 is 0 Å². The van der Waals surface area contributed by atoms with Crippen LogP contribution in [-0.4, -0.2) is 16.5 Å². The minimum atomic E-state index is 0.534. The van der Waals surface area contributed by atoms with Crippen LogP contribution in [0, 0.1) is 0 Å². The van der Waals surface area contributed by atoms with Gasteiger partial charge in [0.05, 0.1) is 0 Å². The van der Waals surface area contributed by atoms with Crippen molar-refractivity contribution in [2.45, 2.75) is 26.2 Å². The molecule has 0 aromatic carbocycles. The van der Waals surface area contributed by atoms with Crippen LogP contribution in [0.2, 0.25) is 0 Å². The van der Waals surface area contributed by atoms with Crippen molar-refractivity contribution in [2.24, 2.45) is 0 Å². The van der Waals surface area contributed by atoms with Crippen molar-refractivity contribution < 1.29 is 0 Å². The van der Waals surface area contributed by atoms with Gasteiger partial charge in [-0.1, -0.05) is 19.8 Å². The summed E-state index contributed by atoms with van der Waals surface area (Å²) in [5.41, 5.74) is 7.87. The molecule has 0 radical (unpaired) electrons. The molecule has 0 aliphatic rings. The van der Waals surface area contributed by atoms with E-state index in [0.29, 0.717) is 5.82 Å². The molecule has 0 aliphatic carbocycles. The van der Waals surface area contributed by atoms with Gasteiger partial charge in [-0.3, -0.25) is 0 Å². The van der Waals surface area contributed by atoms with E-state index in [4.69, 9.17) is 5.73 Å². The zero-order chi connectivity index (χ0) is 13.5. The van der Waals surface area contributed by atoms with Crippen molar-refractivity contribution in [1.29, 1.82) is 0 Å². The lowest BCUT2D eigenvalue weighted by atomic mass is 10.1. The van der Waals surface area contributed by atoms with Gasteiger partial charge in [0.25, 0.3) is 0 Å². The highest BCUT2D eigenvalue weighted by Gasteiger charge is 2.01. The normalized spacial score (nSPS) is 10.4. The number of nitrogen functional groups attached to an aromatic ring is 1. The molecule has 100 valence electrons. The van der Waals surface area contributed by atoms with Gasteiger partial charge < -0.3 is 11.1 Å². The molecule has 0 aliphatic heterocycles. The van der Waals surface area contributed by atoms with E-state index >= 15 is 0 Å². The summed E-state index contributed by atoms with van der Waals surface area (Å²) < 4.78 is 0. The third kappa shape index (κ3) is 3.95. The fraction of sp³-hybridized carbons (Fsp3) is 0.333. The first-order valence-corrected chi connectivity index (χ1v) is 6.71. The second kappa shape index (κ2) is 6.73. The topological polar surface area (TPSA) is 63.8 Å². The first-order valence-electron chi connectivity index (χ1n) is 6.71. The van der Waals surface area contributed by atoms with Crippen molar-refractivity contribution in [2.75, 3.05) is 17.6 Å². The Morgan fingerprint density at radius 1 is 1.05 bits per heavy atom. The fourth-order valence-electron chi connectivity index (χ4n) is 1.93. The number of anilines is 2. The largest absolute Gasteiger partial charge is 0.384 e. The lowest BCUT2D eigenvalue weighted by Crippen LogP contribution is -2.03. The number of nitrogens with one attached hydrogen (secondary N) is 1.